The summed E-state index contributed by atoms with van der Waals surface area (Å²) >= 11 is 0. The fourth-order valence-electron chi connectivity index (χ4n) is 1.19. The van der Waals surface area contributed by atoms with Gasteiger partial charge in [-0.25, -0.2) is 0 Å². The molecule has 0 heterocycles. The second-order valence-corrected chi connectivity index (χ2v) is 5.68. The van der Waals surface area contributed by atoms with Crippen molar-refractivity contribution in [3.63, 3.8) is 0 Å². The lowest BCUT2D eigenvalue weighted by Crippen LogP contribution is -2.43. The Balaban J connectivity index is 3.56. The largest absolute Gasteiger partial charge is 0.355 e. The van der Waals surface area contributed by atoms with E-state index >= 15 is 0 Å². The molecule has 0 aromatic carbocycles. The molecule has 17 heavy (non-hydrogen) atoms. The van der Waals surface area contributed by atoms with Crippen LogP contribution >= 0.6 is 0 Å². The van der Waals surface area contributed by atoms with Gasteiger partial charge in [-0.1, -0.05) is 13.8 Å². The number of amides is 1. The molecule has 100 valence electrons. The van der Waals surface area contributed by atoms with E-state index in [4.69, 9.17) is 0 Å². The summed E-state index contributed by atoms with van der Waals surface area (Å²) in [6.45, 7) is 10.7. The zero-order chi connectivity index (χ0) is 13.5. The smallest absolute Gasteiger partial charge is 0.233 e. The van der Waals surface area contributed by atoms with E-state index in [9.17, 15) is 9.59 Å². The molecular formula is C13H26N2O2. The summed E-state index contributed by atoms with van der Waals surface area (Å²) in [5, 5.41) is 5.91. The molecule has 0 fully saturated rings. The van der Waals surface area contributed by atoms with Crippen molar-refractivity contribution in [2.24, 2.45) is 5.92 Å². The highest BCUT2D eigenvalue weighted by atomic mass is 16.2. The first-order valence-electron chi connectivity index (χ1n) is 6.27. The fraction of sp³-hybridized carbons (Fsp3) is 0.846. The van der Waals surface area contributed by atoms with E-state index in [1.54, 1.807) is 0 Å². The lowest BCUT2D eigenvalue weighted by molar-refractivity contribution is -0.123. The molecule has 2 N–H and O–H groups in total. The quantitative estimate of drug-likeness (QED) is 0.665. The maximum absolute atomic E-state index is 11.4. The summed E-state index contributed by atoms with van der Waals surface area (Å²) in [4.78, 5) is 22.7. The molecule has 0 atom stereocenters. The summed E-state index contributed by atoms with van der Waals surface area (Å²) in [6, 6.07) is 0. The van der Waals surface area contributed by atoms with Gasteiger partial charge in [0, 0.05) is 24.4 Å². The van der Waals surface area contributed by atoms with Crippen LogP contribution in [0, 0.1) is 5.92 Å². The van der Waals surface area contributed by atoms with Gasteiger partial charge in [-0.2, -0.15) is 0 Å². The van der Waals surface area contributed by atoms with Crippen molar-refractivity contribution < 1.29 is 9.59 Å². The first kappa shape index (κ1) is 16.1. The standard InChI is InChI=1S/C13H26N2O2/c1-10(2)11(16)7-6-8-14-12(17)9-15-13(3,4)5/h10,15H,6-9H2,1-5H3,(H,14,17). The molecule has 4 heteroatoms. The molecule has 0 aliphatic carbocycles. The van der Waals surface area contributed by atoms with Crippen molar-refractivity contribution in [3.05, 3.63) is 0 Å². The van der Waals surface area contributed by atoms with Gasteiger partial charge in [0.15, 0.2) is 0 Å². The van der Waals surface area contributed by atoms with Crippen molar-refractivity contribution in [2.75, 3.05) is 13.1 Å². The maximum Gasteiger partial charge on any atom is 0.233 e. The number of ketones is 1. The molecule has 0 bridgehead atoms. The van der Waals surface area contributed by atoms with Gasteiger partial charge in [-0.15, -0.1) is 0 Å². The predicted molar refractivity (Wildman–Crippen MR) is 69.8 cm³/mol. The summed E-state index contributed by atoms with van der Waals surface area (Å²) < 4.78 is 0. The highest BCUT2D eigenvalue weighted by Gasteiger charge is 2.11. The molecule has 0 unspecified atom stereocenters. The molecule has 0 radical (unpaired) electrons. The van der Waals surface area contributed by atoms with E-state index in [1.807, 2.05) is 34.6 Å². The molecule has 0 aliphatic heterocycles. The molecule has 0 aromatic heterocycles. The number of carbonyl (C=O) groups is 2. The van der Waals surface area contributed by atoms with E-state index < -0.39 is 0 Å². The summed E-state index contributed by atoms with van der Waals surface area (Å²) in [6.07, 6.45) is 1.27. The van der Waals surface area contributed by atoms with Crippen LogP contribution in [0.3, 0.4) is 0 Å². The summed E-state index contributed by atoms with van der Waals surface area (Å²) in [5.74, 6) is 0.331. The average molecular weight is 242 g/mol. The summed E-state index contributed by atoms with van der Waals surface area (Å²) in [7, 11) is 0. The van der Waals surface area contributed by atoms with Gasteiger partial charge < -0.3 is 10.6 Å². The van der Waals surface area contributed by atoms with E-state index in [2.05, 4.69) is 10.6 Å². The SMILES string of the molecule is CC(C)C(=O)CCCNC(=O)CNC(C)(C)C. The maximum atomic E-state index is 11.4. The van der Waals surface area contributed by atoms with E-state index in [-0.39, 0.29) is 23.1 Å². The molecule has 1 amide bonds. The van der Waals surface area contributed by atoms with Crippen molar-refractivity contribution in [2.45, 2.75) is 53.0 Å². The Morgan fingerprint density at radius 3 is 2.24 bits per heavy atom. The third kappa shape index (κ3) is 10.00. The van der Waals surface area contributed by atoms with Crippen molar-refractivity contribution >= 4 is 11.7 Å². The van der Waals surface area contributed by atoms with E-state index in [1.165, 1.54) is 0 Å². The van der Waals surface area contributed by atoms with Crippen molar-refractivity contribution in [3.8, 4) is 0 Å². The minimum atomic E-state index is -0.0506. The van der Waals surface area contributed by atoms with Crippen LogP contribution in [0.4, 0.5) is 0 Å². The van der Waals surface area contributed by atoms with Crippen LogP contribution in [0.5, 0.6) is 0 Å². The Morgan fingerprint density at radius 2 is 1.76 bits per heavy atom. The number of rotatable bonds is 7. The molecule has 0 aliphatic rings. The van der Waals surface area contributed by atoms with Crippen LogP contribution in [0.2, 0.25) is 0 Å². The molecule has 0 rings (SSSR count). The van der Waals surface area contributed by atoms with Gasteiger partial charge >= 0.3 is 0 Å². The fourth-order valence-corrected chi connectivity index (χ4v) is 1.19. The second-order valence-electron chi connectivity index (χ2n) is 5.68. The van der Waals surface area contributed by atoms with Crippen LogP contribution in [0.15, 0.2) is 0 Å². The van der Waals surface area contributed by atoms with Gasteiger partial charge in [0.05, 0.1) is 6.54 Å². The van der Waals surface area contributed by atoms with Crippen molar-refractivity contribution in [1.82, 2.24) is 10.6 Å². The highest BCUT2D eigenvalue weighted by Crippen LogP contribution is 2.00. The predicted octanol–water partition coefficient (Wildman–Crippen LogP) is 1.50. The lowest BCUT2D eigenvalue weighted by Gasteiger charge is -2.19. The van der Waals surface area contributed by atoms with Crippen molar-refractivity contribution in [1.29, 1.82) is 0 Å². The Morgan fingerprint density at radius 1 is 1.18 bits per heavy atom. The summed E-state index contributed by atoms with van der Waals surface area (Å²) in [5.41, 5.74) is -0.0506. The van der Waals surface area contributed by atoms with Gasteiger partial charge in [0.25, 0.3) is 0 Å². The topological polar surface area (TPSA) is 58.2 Å². The van der Waals surface area contributed by atoms with Crippen LogP contribution in [0.25, 0.3) is 0 Å². The monoisotopic (exact) mass is 242 g/mol. The third-order valence-electron chi connectivity index (χ3n) is 2.35. The van der Waals surface area contributed by atoms with Crippen LogP contribution in [0.1, 0.15) is 47.5 Å². The Bertz CT molecular complexity index is 255. The molecule has 0 saturated carbocycles. The molecular weight excluding hydrogens is 216 g/mol. The van der Waals surface area contributed by atoms with E-state index in [0.29, 0.717) is 19.5 Å². The highest BCUT2D eigenvalue weighted by molar-refractivity contribution is 5.80. The number of Topliss-reactive ketones (excluding diaryl/α,β-unsaturated/α-hetero) is 1. The van der Waals surface area contributed by atoms with Gasteiger partial charge in [-0.3, -0.25) is 9.59 Å². The van der Waals surface area contributed by atoms with Crippen LogP contribution in [-0.4, -0.2) is 30.3 Å². The Labute approximate surface area is 105 Å². The van der Waals surface area contributed by atoms with Gasteiger partial charge in [0.2, 0.25) is 5.91 Å². The molecule has 4 nitrogen and oxygen atoms in total. The first-order valence-corrected chi connectivity index (χ1v) is 6.27. The normalized spacial score (nSPS) is 11.6. The van der Waals surface area contributed by atoms with Crippen LogP contribution in [-0.2, 0) is 9.59 Å². The van der Waals surface area contributed by atoms with Crippen LogP contribution < -0.4 is 10.6 Å². The zero-order valence-electron chi connectivity index (χ0n) is 11.7. The molecule has 0 saturated heterocycles. The zero-order valence-corrected chi connectivity index (χ0v) is 11.7. The average Bonchev–Trinajstić information content (AvgIpc) is 2.20. The first-order chi connectivity index (χ1) is 7.72. The number of hydrogen-bond donors (Lipinski definition) is 2. The minimum absolute atomic E-state index is 0.0167. The van der Waals surface area contributed by atoms with Gasteiger partial charge in [0.1, 0.15) is 5.78 Å². The third-order valence-corrected chi connectivity index (χ3v) is 2.35. The lowest BCUT2D eigenvalue weighted by atomic mass is 10.0. The minimum Gasteiger partial charge on any atom is -0.355 e. The van der Waals surface area contributed by atoms with E-state index in [0.717, 1.165) is 6.42 Å². The van der Waals surface area contributed by atoms with Gasteiger partial charge in [-0.05, 0) is 27.2 Å². The number of nitrogens with one attached hydrogen (secondary N) is 2. The number of carbonyl (C=O) groups excluding carboxylic acids is 2. The Kier molecular flexibility index (Phi) is 7.04. The molecule has 0 aromatic rings. The second kappa shape index (κ2) is 7.43. The Hall–Kier alpha value is -0.900. The molecule has 0 spiro atoms. The number of hydrogen-bond acceptors (Lipinski definition) is 3.